The van der Waals surface area contributed by atoms with Crippen molar-refractivity contribution in [1.82, 2.24) is 4.90 Å². The lowest BCUT2D eigenvalue weighted by Gasteiger charge is -2.21. The van der Waals surface area contributed by atoms with Crippen molar-refractivity contribution in [2.45, 2.75) is 26.8 Å². The molecular formula is C19H23NO2. The first kappa shape index (κ1) is 16.1. The predicted molar refractivity (Wildman–Crippen MR) is 89.0 cm³/mol. The maximum Gasteiger partial charge on any atom is 0.227 e. The highest BCUT2D eigenvalue weighted by Gasteiger charge is 2.13. The Bertz CT molecular complexity index is 620. The molecule has 116 valence electrons. The molecule has 0 bridgehead atoms. The number of hydrogen-bond donors (Lipinski definition) is 0. The molecule has 0 aromatic heterocycles. The van der Waals surface area contributed by atoms with Gasteiger partial charge in [0.25, 0.3) is 0 Å². The lowest BCUT2D eigenvalue weighted by atomic mass is 10.1. The SMILES string of the molecule is CCN(Cc1ccc(OC)cc1)C(=O)Cc1ccccc1C. The molecular weight excluding hydrogens is 274 g/mol. The summed E-state index contributed by atoms with van der Waals surface area (Å²) in [5, 5.41) is 0. The van der Waals surface area contributed by atoms with Gasteiger partial charge in [-0.2, -0.15) is 0 Å². The standard InChI is InChI=1S/C19H23NO2/c1-4-20(14-16-9-11-18(22-3)12-10-16)19(21)13-17-8-6-5-7-15(17)2/h5-12H,4,13-14H2,1-3H3. The molecule has 0 fully saturated rings. The molecule has 0 N–H and O–H groups in total. The van der Waals surface area contributed by atoms with Gasteiger partial charge in [0.05, 0.1) is 13.5 Å². The molecule has 0 aliphatic rings. The molecule has 2 rings (SSSR count). The summed E-state index contributed by atoms with van der Waals surface area (Å²) in [4.78, 5) is 14.4. The molecule has 0 saturated carbocycles. The summed E-state index contributed by atoms with van der Waals surface area (Å²) >= 11 is 0. The third-order valence-electron chi connectivity index (χ3n) is 3.87. The number of aryl methyl sites for hydroxylation is 1. The van der Waals surface area contributed by atoms with Crippen molar-refractivity contribution in [2.75, 3.05) is 13.7 Å². The number of nitrogens with zero attached hydrogens (tertiary/aromatic N) is 1. The van der Waals surface area contributed by atoms with E-state index in [1.54, 1.807) is 7.11 Å². The van der Waals surface area contributed by atoms with Crippen LogP contribution < -0.4 is 4.74 Å². The van der Waals surface area contributed by atoms with Crippen molar-refractivity contribution in [3.8, 4) is 5.75 Å². The number of carbonyl (C=O) groups excluding carboxylic acids is 1. The quantitative estimate of drug-likeness (QED) is 0.815. The van der Waals surface area contributed by atoms with Gasteiger partial charge in [0.2, 0.25) is 5.91 Å². The van der Waals surface area contributed by atoms with Crippen molar-refractivity contribution in [2.24, 2.45) is 0 Å². The number of methoxy groups -OCH3 is 1. The van der Waals surface area contributed by atoms with Gasteiger partial charge < -0.3 is 9.64 Å². The zero-order valence-electron chi connectivity index (χ0n) is 13.5. The summed E-state index contributed by atoms with van der Waals surface area (Å²) < 4.78 is 5.16. The lowest BCUT2D eigenvalue weighted by molar-refractivity contribution is -0.130. The van der Waals surface area contributed by atoms with E-state index in [1.165, 1.54) is 0 Å². The van der Waals surface area contributed by atoms with E-state index in [0.717, 1.165) is 22.4 Å². The van der Waals surface area contributed by atoms with E-state index >= 15 is 0 Å². The highest BCUT2D eigenvalue weighted by Crippen LogP contribution is 2.14. The van der Waals surface area contributed by atoms with E-state index in [2.05, 4.69) is 0 Å². The predicted octanol–water partition coefficient (Wildman–Crippen LogP) is 3.59. The second-order valence-corrected chi connectivity index (χ2v) is 5.36. The third kappa shape index (κ3) is 4.10. The van der Waals surface area contributed by atoms with Crippen molar-refractivity contribution in [3.63, 3.8) is 0 Å². The van der Waals surface area contributed by atoms with Crippen LogP contribution in [0.2, 0.25) is 0 Å². The molecule has 0 atom stereocenters. The first-order valence-electron chi connectivity index (χ1n) is 7.59. The van der Waals surface area contributed by atoms with Crippen LogP contribution >= 0.6 is 0 Å². The van der Waals surface area contributed by atoms with Crippen LogP contribution in [0, 0.1) is 6.92 Å². The molecule has 0 heterocycles. The average Bonchev–Trinajstić information content (AvgIpc) is 2.55. The maximum absolute atomic E-state index is 12.5. The van der Waals surface area contributed by atoms with Crippen LogP contribution in [0.15, 0.2) is 48.5 Å². The number of likely N-dealkylation sites (N-methyl/N-ethyl adjacent to an activating group) is 1. The number of hydrogen-bond acceptors (Lipinski definition) is 2. The van der Waals surface area contributed by atoms with E-state index in [9.17, 15) is 4.79 Å². The van der Waals surface area contributed by atoms with Gasteiger partial charge in [0.1, 0.15) is 5.75 Å². The Morgan fingerprint density at radius 1 is 1.09 bits per heavy atom. The molecule has 1 amide bonds. The zero-order valence-corrected chi connectivity index (χ0v) is 13.5. The van der Waals surface area contributed by atoms with Crippen molar-refractivity contribution < 1.29 is 9.53 Å². The van der Waals surface area contributed by atoms with E-state index in [4.69, 9.17) is 4.74 Å². The van der Waals surface area contributed by atoms with Crippen LogP contribution in [-0.2, 0) is 17.8 Å². The van der Waals surface area contributed by atoms with Crippen LogP contribution in [0.4, 0.5) is 0 Å². The third-order valence-corrected chi connectivity index (χ3v) is 3.87. The van der Waals surface area contributed by atoms with Crippen molar-refractivity contribution in [3.05, 3.63) is 65.2 Å². The summed E-state index contributed by atoms with van der Waals surface area (Å²) in [7, 11) is 1.65. The first-order valence-corrected chi connectivity index (χ1v) is 7.59. The van der Waals surface area contributed by atoms with E-state index in [1.807, 2.05) is 67.3 Å². The van der Waals surface area contributed by atoms with Gasteiger partial charge in [-0.3, -0.25) is 4.79 Å². The number of ether oxygens (including phenoxy) is 1. The number of rotatable bonds is 6. The Kier molecular flexibility index (Phi) is 5.59. The topological polar surface area (TPSA) is 29.5 Å². The van der Waals surface area contributed by atoms with Crippen LogP contribution in [0.5, 0.6) is 5.75 Å². The van der Waals surface area contributed by atoms with Crippen LogP contribution in [0.25, 0.3) is 0 Å². The molecule has 0 aliphatic carbocycles. The van der Waals surface area contributed by atoms with Gasteiger partial charge in [-0.25, -0.2) is 0 Å². The summed E-state index contributed by atoms with van der Waals surface area (Å²) in [6, 6.07) is 15.9. The number of carbonyl (C=O) groups is 1. The second kappa shape index (κ2) is 7.64. The van der Waals surface area contributed by atoms with Gasteiger partial charge >= 0.3 is 0 Å². The highest BCUT2D eigenvalue weighted by molar-refractivity contribution is 5.79. The molecule has 22 heavy (non-hydrogen) atoms. The second-order valence-electron chi connectivity index (χ2n) is 5.36. The van der Waals surface area contributed by atoms with Crippen molar-refractivity contribution >= 4 is 5.91 Å². The van der Waals surface area contributed by atoms with Gasteiger partial charge in [-0.05, 0) is 42.7 Å². The Hall–Kier alpha value is -2.29. The van der Waals surface area contributed by atoms with Crippen LogP contribution in [0.1, 0.15) is 23.6 Å². The summed E-state index contributed by atoms with van der Waals surface area (Å²) in [5.74, 6) is 0.991. The molecule has 0 unspecified atom stereocenters. The lowest BCUT2D eigenvalue weighted by Crippen LogP contribution is -2.31. The minimum Gasteiger partial charge on any atom is -0.497 e. The number of benzene rings is 2. The highest BCUT2D eigenvalue weighted by atomic mass is 16.5. The summed E-state index contributed by atoms with van der Waals surface area (Å²) in [6.07, 6.45) is 0.455. The minimum absolute atomic E-state index is 0.160. The molecule has 0 saturated heterocycles. The zero-order chi connectivity index (χ0) is 15.9. The Morgan fingerprint density at radius 2 is 1.77 bits per heavy atom. The summed E-state index contributed by atoms with van der Waals surface area (Å²) in [5.41, 5.74) is 3.37. The Morgan fingerprint density at radius 3 is 2.36 bits per heavy atom. The van der Waals surface area contributed by atoms with Gasteiger partial charge in [-0.1, -0.05) is 36.4 Å². The largest absolute Gasteiger partial charge is 0.497 e. The normalized spacial score (nSPS) is 10.3. The van der Waals surface area contributed by atoms with Crippen LogP contribution in [-0.4, -0.2) is 24.5 Å². The van der Waals surface area contributed by atoms with Gasteiger partial charge in [0, 0.05) is 13.1 Å². The maximum atomic E-state index is 12.5. The first-order chi connectivity index (χ1) is 10.6. The smallest absolute Gasteiger partial charge is 0.227 e. The fourth-order valence-corrected chi connectivity index (χ4v) is 2.41. The number of amides is 1. The van der Waals surface area contributed by atoms with Gasteiger partial charge in [-0.15, -0.1) is 0 Å². The van der Waals surface area contributed by atoms with E-state index in [0.29, 0.717) is 19.5 Å². The molecule has 0 radical (unpaired) electrons. The van der Waals surface area contributed by atoms with E-state index in [-0.39, 0.29) is 5.91 Å². The average molecular weight is 297 g/mol. The van der Waals surface area contributed by atoms with Gasteiger partial charge in [0.15, 0.2) is 0 Å². The fraction of sp³-hybridized carbons (Fsp3) is 0.316. The minimum atomic E-state index is 0.160. The fourth-order valence-electron chi connectivity index (χ4n) is 2.41. The molecule has 0 aliphatic heterocycles. The van der Waals surface area contributed by atoms with E-state index < -0.39 is 0 Å². The molecule has 3 heteroatoms. The van der Waals surface area contributed by atoms with Crippen molar-refractivity contribution in [1.29, 1.82) is 0 Å². The Labute approximate surface area is 132 Å². The molecule has 2 aromatic carbocycles. The monoisotopic (exact) mass is 297 g/mol. The summed E-state index contributed by atoms with van der Waals surface area (Å²) in [6.45, 7) is 5.39. The molecule has 2 aromatic rings. The molecule has 0 spiro atoms. The molecule has 3 nitrogen and oxygen atoms in total. The Balaban J connectivity index is 2.03. The van der Waals surface area contributed by atoms with Crippen LogP contribution in [0.3, 0.4) is 0 Å².